The Morgan fingerprint density at radius 1 is 0.914 bits per heavy atom. The Morgan fingerprint density at radius 3 is 2.17 bits per heavy atom. The molecule has 6 nitrogen and oxygen atoms in total. The zero-order valence-electron chi connectivity index (χ0n) is 20.2. The lowest BCUT2D eigenvalue weighted by molar-refractivity contribution is -0.130. The monoisotopic (exact) mass is 470 g/mol. The zero-order chi connectivity index (χ0) is 24.8. The average molecular weight is 471 g/mol. The number of methoxy groups -OCH3 is 2. The number of rotatable bonds is 8. The fraction of sp³-hybridized carbons (Fsp3) is 0.241. The lowest BCUT2D eigenvalue weighted by Crippen LogP contribution is -2.37. The van der Waals surface area contributed by atoms with E-state index in [4.69, 9.17) is 9.47 Å². The van der Waals surface area contributed by atoms with Gasteiger partial charge in [0, 0.05) is 13.1 Å². The van der Waals surface area contributed by atoms with E-state index in [0.717, 1.165) is 33.8 Å². The van der Waals surface area contributed by atoms with Crippen LogP contribution >= 0.6 is 0 Å². The molecule has 1 aliphatic rings. The van der Waals surface area contributed by atoms with E-state index in [1.807, 2.05) is 78.9 Å². The maximum atomic E-state index is 13.4. The Hall–Kier alpha value is -4.06. The van der Waals surface area contributed by atoms with Gasteiger partial charge in [-0.2, -0.15) is 0 Å². The minimum Gasteiger partial charge on any atom is -0.497 e. The molecule has 180 valence electrons. The summed E-state index contributed by atoms with van der Waals surface area (Å²) in [5.74, 6) is 1.32. The summed E-state index contributed by atoms with van der Waals surface area (Å²) in [7, 11) is 3.27. The first-order valence-electron chi connectivity index (χ1n) is 11.6. The van der Waals surface area contributed by atoms with Gasteiger partial charge in [0.1, 0.15) is 11.5 Å². The molecule has 3 aromatic carbocycles. The van der Waals surface area contributed by atoms with Crippen LogP contribution in [0.1, 0.15) is 47.7 Å². The molecule has 1 N–H and O–H groups in total. The molecule has 6 heteroatoms. The third kappa shape index (κ3) is 5.72. The maximum absolute atomic E-state index is 13.4. The smallest absolute Gasteiger partial charge is 0.223 e. The van der Waals surface area contributed by atoms with Crippen LogP contribution in [-0.2, 0) is 16.0 Å². The normalized spacial score (nSPS) is 15.2. The summed E-state index contributed by atoms with van der Waals surface area (Å²) >= 11 is 0. The number of hydrogen-bond donors (Lipinski definition) is 1. The van der Waals surface area contributed by atoms with Gasteiger partial charge in [-0.1, -0.05) is 48.5 Å². The zero-order valence-corrected chi connectivity index (χ0v) is 20.2. The molecule has 0 saturated heterocycles. The summed E-state index contributed by atoms with van der Waals surface area (Å²) in [4.78, 5) is 27.3. The number of carbonyl (C=O) groups excluding carboxylic acids is 2. The van der Waals surface area contributed by atoms with Gasteiger partial charge in [-0.15, -0.1) is 0 Å². The molecule has 0 aromatic heterocycles. The molecule has 1 aliphatic heterocycles. The van der Waals surface area contributed by atoms with E-state index in [0.29, 0.717) is 6.42 Å². The lowest BCUT2D eigenvalue weighted by atomic mass is 9.93. The van der Waals surface area contributed by atoms with Crippen molar-refractivity contribution in [3.05, 3.63) is 101 Å². The SMILES string of the molecule is COc1ccc(CC(NC(=O)CC2c3ccccc3C=CN2C(C)=O)c2ccc(OC)cc2)cc1. The van der Waals surface area contributed by atoms with Gasteiger partial charge in [0.05, 0.1) is 32.7 Å². The van der Waals surface area contributed by atoms with Crippen LogP contribution < -0.4 is 14.8 Å². The Labute approximate surface area is 206 Å². The summed E-state index contributed by atoms with van der Waals surface area (Å²) < 4.78 is 10.6. The van der Waals surface area contributed by atoms with Crippen molar-refractivity contribution >= 4 is 17.9 Å². The first-order chi connectivity index (χ1) is 17.0. The molecule has 2 unspecified atom stereocenters. The van der Waals surface area contributed by atoms with Crippen LogP contribution in [0.5, 0.6) is 11.5 Å². The number of nitrogens with zero attached hydrogens (tertiary/aromatic N) is 1. The Bertz CT molecular complexity index is 1200. The fourth-order valence-corrected chi connectivity index (χ4v) is 4.43. The predicted octanol–water partition coefficient (Wildman–Crippen LogP) is 5.07. The quantitative estimate of drug-likeness (QED) is 0.499. The van der Waals surface area contributed by atoms with E-state index in [1.54, 1.807) is 25.3 Å². The Kier molecular flexibility index (Phi) is 7.51. The van der Waals surface area contributed by atoms with Crippen molar-refractivity contribution in [3.63, 3.8) is 0 Å². The van der Waals surface area contributed by atoms with Gasteiger partial charge in [0.2, 0.25) is 11.8 Å². The Morgan fingerprint density at radius 2 is 1.54 bits per heavy atom. The van der Waals surface area contributed by atoms with Crippen LogP contribution in [0.3, 0.4) is 0 Å². The van der Waals surface area contributed by atoms with E-state index in [9.17, 15) is 9.59 Å². The molecule has 0 radical (unpaired) electrons. The van der Waals surface area contributed by atoms with Crippen LogP contribution in [0.25, 0.3) is 6.08 Å². The molecule has 4 rings (SSSR count). The van der Waals surface area contributed by atoms with E-state index < -0.39 is 0 Å². The molecule has 3 aromatic rings. The minimum atomic E-state index is -0.355. The lowest BCUT2D eigenvalue weighted by Gasteiger charge is -2.32. The molecule has 1 heterocycles. The first kappa shape index (κ1) is 24.1. The standard InChI is InChI=1S/C29H30N2O4/c1-20(32)31-17-16-22-6-4-5-7-26(22)28(31)19-29(33)30-27(23-10-14-25(35-3)15-11-23)18-21-8-12-24(34-2)13-9-21/h4-17,27-28H,18-19H2,1-3H3,(H,30,33). The van der Waals surface area contributed by atoms with Gasteiger partial charge in [-0.05, 0) is 59.0 Å². The third-order valence-electron chi connectivity index (χ3n) is 6.30. The average Bonchev–Trinajstić information content (AvgIpc) is 2.88. The van der Waals surface area contributed by atoms with Gasteiger partial charge in [-0.3, -0.25) is 9.59 Å². The number of fused-ring (bicyclic) bond motifs is 1. The second-order valence-corrected chi connectivity index (χ2v) is 8.54. The van der Waals surface area contributed by atoms with Crippen molar-refractivity contribution < 1.29 is 19.1 Å². The van der Waals surface area contributed by atoms with Crippen molar-refractivity contribution in [1.82, 2.24) is 10.2 Å². The van der Waals surface area contributed by atoms with Crippen molar-refractivity contribution in [3.8, 4) is 11.5 Å². The molecule has 2 amide bonds. The first-order valence-corrected chi connectivity index (χ1v) is 11.6. The van der Waals surface area contributed by atoms with Crippen molar-refractivity contribution in [2.75, 3.05) is 14.2 Å². The largest absolute Gasteiger partial charge is 0.497 e. The highest BCUT2D eigenvalue weighted by atomic mass is 16.5. The van der Waals surface area contributed by atoms with Crippen LogP contribution in [0.4, 0.5) is 0 Å². The molecular formula is C29H30N2O4. The van der Waals surface area contributed by atoms with Gasteiger partial charge >= 0.3 is 0 Å². The van der Waals surface area contributed by atoms with E-state index >= 15 is 0 Å². The number of benzene rings is 3. The minimum absolute atomic E-state index is 0.0986. The number of carbonyl (C=O) groups is 2. The van der Waals surface area contributed by atoms with Crippen LogP contribution in [0, 0.1) is 0 Å². The molecular weight excluding hydrogens is 440 g/mol. The van der Waals surface area contributed by atoms with Crippen molar-refractivity contribution in [2.24, 2.45) is 0 Å². The highest BCUT2D eigenvalue weighted by molar-refractivity contribution is 5.82. The van der Waals surface area contributed by atoms with Crippen LogP contribution in [0.2, 0.25) is 0 Å². The second kappa shape index (κ2) is 10.9. The third-order valence-corrected chi connectivity index (χ3v) is 6.30. The molecule has 0 spiro atoms. The molecule has 0 fully saturated rings. The van der Waals surface area contributed by atoms with Gasteiger partial charge < -0.3 is 19.7 Å². The highest BCUT2D eigenvalue weighted by Crippen LogP contribution is 2.33. The molecule has 0 saturated carbocycles. The summed E-state index contributed by atoms with van der Waals surface area (Å²) in [5, 5.41) is 3.21. The van der Waals surface area contributed by atoms with Gasteiger partial charge in [-0.25, -0.2) is 0 Å². The number of amides is 2. The van der Waals surface area contributed by atoms with Crippen molar-refractivity contribution in [1.29, 1.82) is 0 Å². The van der Waals surface area contributed by atoms with E-state index in [-0.39, 0.29) is 30.3 Å². The van der Waals surface area contributed by atoms with E-state index in [2.05, 4.69) is 5.32 Å². The fourth-order valence-electron chi connectivity index (χ4n) is 4.43. The van der Waals surface area contributed by atoms with Crippen molar-refractivity contribution in [2.45, 2.75) is 31.8 Å². The summed E-state index contributed by atoms with van der Waals surface area (Å²) in [6, 6.07) is 22.8. The van der Waals surface area contributed by atoms with Gasteiger partial charge in [0.25, 0.3) is 0 Å². The summed E-state index contributed by atoms with van der Waals surface area (Å²) in [6.07, 6.45) is 4.45. The van der Waals surface area contributed by atoms with E-state index in [1.165, 1.54) is 6.92 Å². The Balaban J connectivity index is 1.57. The molecule has 35 heavy (non-hydrogen) atoms. The number of nitrogens with one attached hydrogen (secondary N) is 1. The summed E-state index contributed by atoms with van der Waals surface area (Å²) in [5.41, 5.74) is 4.04. The maximum Gasteiger partial charge on any atom is 0.223 e. The molecule has 2 atom stereocenters. The number of hydrogen-bond acceptors (Lipinski definition) is 4. The molecule has 0 aliphatic carbocycles. The molecule has 0 bridgehead atoms. The van der Waals surface area contributed by atoms with Crippen LogP contribution in [0.15, 0.2) is 79.0 Å². The van der Waals surface area contributed by atoms with Gasteiger partial charge in [0.15, 0.2) is 0 Å². The van der Waals surface area contributed by atoms with Crippen LogP contribution in [-0.4, -0.2) is 30.9 Å². The predicted molar refractivity (Wildman–Crippen MR) is 136 cm³/mol. The second-order valence-electron chi connectivity index (χ2n) is 8.54. The topological polar surface area (TPSA) is 67.9 Å². The summed E-state index contributed by atoms with van der Waals surface area (Å²) in [6.45, 7) is 1.52. The highest BCUT2D eigenvalue weighted by Gasteiger charge is 2.29. The number of ether oxygens (including phenoxy) is 2.